The Morgan fingerprint density at radius 1 is 0.929 bits per heavy atom. The van der Waals surface area contributed by atoms with Crippen molar-refractivity contribution in [3.8, 4) is 0 Å². The molecule has 0 bridgehead atoms. The van der Waals surface area contributed by atoms with Crippen LogP contribution in [0.1, 0.15) is 40.1 Å². The normalized spacial score (nSPS) is 15.0. The molecule has 144 valence electrons. The van der Waals surface area contributed by atoms with Crippen LogP contribution in [-0.4, -0.2) is 40.7 Å². The van der Waals surface area contributed by atoms with E-state index < -0.39 is 35.8 Å². The molecule has 0 aliphatic carbocycles. The zero-order chi connectivity index (χ0) is 20.3. The van der Waals surface area contributed by atoms with Gasteiger partial charge in [0.25, 0.3) is 17.7 Å². The summed E-state index contributed by atoms with van der Waals surface area (Å²) >= 11 is 0. The van der Waals surface area contributed by atoms with Gasteiger partial charge in [-0.2, -0.15) is 0 Å². The topological polar surface area (TPSA) is 92.8 Å². The Morgan fingerprint density at radius 2 is 1.46 bits per heavy atom. The summed E-state index contributed by atoms with van der Waals surface area (Å²) in [5, 5.41) is 2.68. The van der Waals surface area contributed by atoms with Gasteiger partial charge in [0.05, 0.1) is 11.1 Å². The van der Waals surface area contributed by atoms with E-state index in [-0.39, 0.29) is 11.1 Å². The van der Waals surface area contributed by atoms with Gasteiger partial charge in [0.2, 0.25) is 0 Å². The van der Waals surface area contributed by atoms with Gasteiger partial charge in [0, 0.05) is 6.54 Å². The lowest BCUT2D eigenvalue weighted by molar-refractivity contribution is -0.158. The summed E-state index contributed by atoms with van der Waals surface area (Å²) in [6.07, 6.45) is -1.06. The van der Waals surface area contributed by atoms with E-state index in [1.165, 1.54) is 26.0 Å². The molecule has 0 aromatic heterocycles. The zero-order valence-electron chi connectivity index (χ0n) is 15.5. The molecule has 0 spiro atoms. The van der Waals surface area contributed by atoms with Crippen molar-refractivity contribution in [2.24, 2.45) is 0 Å². The van der Waals surface area contributed by atoms with E-state index in [0.29, 0.717) is 6.54 Å². The van der Waals surface area contributed by atoms with Crippen molar-refractivity contribution in [1.29, 1.82) is 0 Å². The number of rotatable bonds is 6. The molecule has 0 saturated carbocycles. The second-order valence-corrected chi connectivity index (χ2v) is 6.48. The van der Waals surface area contributed by atoms with Crippen LogP contribution in [0.3, 0.4) is 0 Å². The number of nitrogens with one attached hydrogen (secondary N) is 1. The smallest absolute Gasteiger partial charge is 0.329 e. The Bertz CT molecular complexity index is 890. The minimum absolute atomic E-state index is 0.251. The Morgan fingerprint density at radius 3 is 2.04 bits per heavy atom. The summed E-state index contributed by atoms with van der Waals surface area (Å²) in [6.45, 7) is 3.14. The fourth-order valence-electron chi connectivity index (χ4n) is 2.92. The minimum Gasteiger partial charge on any atom is -0.451 e. The van der Waals surface area contributed by atoms with Crippen molar-refractivity contribution < 1.29 is 23.9 Å². The van der Waals surface area contributed by atoms with Crippen LogP contribution in [0.15, 0.2) is 54.6 Å². The molecule has 2 atom stereocenters. The maximum atomic E-state index is 12.5. The number of esters is 1. The third kappa shape index (κ3) is 3.78. The largest absolute Gasteiger partial charge is 0.451 e. The van der Waals surface area contributed by atoms with Gasteiger partial charge in [0.15, 0.2) is 6.10 Å². The number of carbonyl (C=O) groups excluding carboxylic acids is 4. The van der Waals surface area contributed by atoms with E-state index in [9.17, 15) is 19.2 Å². The first-order valence-corrected chi connectivity index (χ1v) is 8.89. The molecule has 7 nitrogen and oxygen atoms in total. The number of carbonyl (C=O) groups is 4. The summed E-state index contributed by atoms with van der Waals surface area (Å²) in [7, 11) is 0. The Hall–Kier alpha value is -3.48. The molecular formula is C21H20N2O5. The number of benzene rings is 2. The molecule has 3 rings (SSSR count). The maximum Gasteiger partial charge on any atom is 0.329 e. The highest BCUT2D eigenvalue weighted by molar-refractivity contribution is 6.22. The third-order valence-electron chi connectivity index (χ3n) is 4.53. The molecule has 2 aromatic carbocycles. The Balaban J connectivity index is 1.59. The van der Waals surface area contributed by atoms with Crippen LogP contribution in [-0.2, 0) is 20.9 Å². The van der Waals surface area contributed by atoms with E-state index >= 15 is 0 Å². The first-order chi connectivity index (χ1) is 13.4. The van der Waals surface area contributed by atoms with Gasteiger partial charge in [-0.1, -0.05) is 42.5 Å². The Kier molecular flexibility index (Phi) is 5.54. The molecule has 0 radical (unpaired) electrons. The highest BCUT2D eigenvalue weighted by atomic mass is 16.5. The van der Waals surface area contributed by atoms with Crippen LogP contribution in [0.5, 0.6) is 0 Å². The van der Waals surface area contributed by atoms with Crippen molar-refractivity contribution in [2.45, 2.75) is 32.5 Å². The van der Waals surface area contributed by atoms with Gasteiger partial charge in [-0.05, 0) is 31.5 Å². The SMILES string of the molecule is C[C@@H](OC(=O)[C@H](C)N1C(=O)c2ccccc2C1=O)C(=O)NCc1ccccc1. The summed E-state index contributed by atoms with van der Waals surface area (Å²) in [5.74, 6) is -2.39. The number of imide groups is 1. The number of hydrogen-bond acceptors (Lipinski definition) is 5. The molecule has 1 aliphatic rings. The van der Waals surface area contributed by atoms with Crippen molar-refractivity contribution >= 4 is 23.7 Å². The maximum absolute atomic E-state index is 12.5. The number of fused-ring (bicyclic) bond motifs is 1. The number of ether oxygens (including phenoxy) is 1. The summed E-state index contributed by atoms with van der Waals surface area (Å²) in [6, 6.07) is 14.5. The number of amides is 3. The minimum atomic E-state index is -1.14. The number of hydrogen-bond donors (Lipinski definition) is 1. The number of nitrogens with zero attached hydrogens (tertiary/aromatic N) is 1. The quantitative estimate of drug-likeness (QED) is 0.611. The zero-order valence-corrected chi connectivity index (χ0v) is 15.5. The second kappa shape index (κ2) is 8.04. The average molecular weight is 380 g/mol. The third-order valence-corrected chi connectivity index (χ3v) is 4.53. The molecule has 2 aromatic rings. The van der Waals surface area contributed by atoms with Crippen molar-refractivity contribution in [3.63, 3.8) is 0 Å². The highest BCUT2D eigenvalue weighted by Crippen LogP contribution is 2.24. The first kappa shape index (κ1) is 19.3. The molecule has 0 fully saturated rings. The fourth-order valence-corrected chi connectivity index (χ4v) is 2.92. The standard InChI is InChI=1S/C21H20N2O5/c1-13(23-19(25)16-10-6-7-11-17(16)20(23)26)21(27)28-14(2)18(24)22-12-15-8-4-3-5-9-15/h3-11,13-14H,12H2,1-2H3,(H,22,24)/t13-,14+/m0/s1. The molecule has 28 heavy (non-hydrogen) atoms. The predicted molar refractivity (Wildman–Crippen MR) is 100 cm³/mol. The molecule has 3 amide bonds. The second-order valence-electron chi connectivity index (χ2n) is 6.48. The lowest BCUT2D eigenvalue weighted by Crippen LogP contribution is -2.46. The van der Waals surface area contributed by atoms with Gasteiger partial charge in [-0.15, -0.1) is 0 Å². The first-order valence-electron chi connectivity index (χ1n) is 8.89. The van der Waals surface area contributed by atoms with E-state index in [1.54, 1.807) is 12.1 Å². The van der Waals surface area contributed by atoms with Gasteiger partial charge < -0.3 is 10.1 Å². The molecule has 1 aliphatic heterocycles. The highest BCUT2D eigenvalue weighted by Gasteiger charge is 2.41. The van der Waals surface area contributed by atoms with Crippen molar-refractivity contribution in [3.05, 3.63) is 71.3 Å². The molecule has 0 saturated heterocycles. The van der Waals surface area contributed by atoms with Crippen molar-refractivity contribution in [2.75, 3.05) is 0 Å². The fraction of sp³-hybridized carbons (Fsp3) is 0.238. The van der Waals surface area contributed by atoms with Crippen LogP contribution in [0, 0.1) is 0 Å². The average Bonchev–Trinajstić information content (AvgIpc) is 2.97. The van der Waals surface area contributed by atoms with E-state index in [2.05, 4.69) is 5.32 Å². The van der Waals surface area contributed by atoms with E-state index in [1.807, 2.05) is 30.3 Å². The molecule has 1 heterocycles. The Labute approximate surface area is 162 Å². The van der Waals surface area contributed by atoms with Crippen LogP contribution in [0.2, 0.25) is 0 Å². The van der Waals surface area contributed by atoms with E-state index in [0.717, 1.165) is 10.5 Å². The van der Waals surface area contributed by atoms with Gasteiger partial charge in [0.1, 0.15) is 6.04 Å². The van der Waals surface area contributed by atoms with Gasteiger partial charge >= 0.3 is 5.97 Å². The molecule has 1 N–H and O–H groups in total. The van der Waals surface area contributed by atoms with E-state index in [4.69, 9.17) is 4.74 Å². The lowest BCUT2D eigenvalue weighted by atomic mass is 10.1. The summed E-state index contributed by atoms with van der Waals surface area (Å²) < 4.78 is 5.17. The summed E-state index contributed by atoms with van der Waals surface area (Å²) in [5.41, 5.74) is 1.41. The van der Waals surface area contributed by atoms with Crippen LogP contribution in [0.4, 0.5) is 0 Å². The van der Waals surface area contributed by atoms with Gasteiger partial charge in [-0.3, -0.25) is 19.3 Å². The van der Waals surface area contributed by atoms with Crippen LogP contribution >= 0.6 is 0 Å². The molecule has 0 unspecified atom stereocenters. The monoisotopic (exact) mass is 380 g/mol. The predicted octanol–water partition coefficient (Wildman–Crippen LogP) is 1.92. The lowest BCUT2D eigenvalue weighted by Gasteiger charge is -2.22. The summed E-state index contributed by atoms with van der Waals surface area (Å²) in [4.78, 5) is 50.3. The van der Waals surface area contributed by atoms with Crippen LogP contribution < -0.4 is 5.32 Å². The van der Waals surface area contributed by atoms with Crippen molar-refractivity contribution in [1.82, 2.24) is 10.2 Å². The van der Waals surface area contributed by atoms with Gasteiger partial charge in [-0.25, -0.2) is 4.79 Å². The molecule has 7 heteroatoms. The molecular weight excluding hydrogens is 360 g/mol. The van der Waals surface area contributed by atoms with Crippen LogP contribution in [0.25, 0.3) is 0 Å².